The third-order valence-corrected chi connectivity index (χ3v) is 6.40. The first-order valence-electron chi connectivity index (χ1n) is 9.33. The van der Waals surface area contributed by atoms with Gasteiger partial charge in [-0.15, -0.1) is 0 Å². The van der Waals surface area contributed by atoms with Crippen LogP contribution >= 0.6 is 7.80 Å². The highest BCUT2D eigenvalue weighted by Gasteiger charge is 2.28. The molecule has 3 aromatic rings. The topological polar surface area (TPSA) is 69.7 Å². The number of aryl methyl sites for hydroxylation is 1. The molecule has 0 fully saturated rings. The van der Waals surface area contributed by atoms with Crippen LogP contribution in [0.2, 0.25) is 0 Å². The van der Waals surface area contributed by atoms with Gasteiger partial charge in [0, 0.05) is 16.7 Å². The Balaban J connectivity index is 2.10. The van der Waals surface area contributed by atoms with Gasteiger partial charge in [0.05, 0.1) is 14.2 Å². The molecule has 1 radical (unpaired) electrons. The van der Waals surface area contributed by atoms with Crippen molar-refractivity contribution in [2.24, 2.45) is 0 Å². The second kappa shape index (κ2) is 9.02. The molecular formula is C24H22O5P. The first-order chi connectivity index (χ1) is 14.4. The number of hydrogen-bond acceptors (Lipinski definition) is 5. The van der Waals surface area contributed by atoms with Gasteiger partial charge in [-0.2, -0.15) is 0 Å². The molecule has 6 heteroatoms. The van der Waals surface area contributed by atoms with Crippen molar-refractivity contribution in [3.8, 4) is 11.5 Å². The SMILES string of the molecule is COc1cccc(OC)c1[P](=O)C(=O)c1c(C)ccc(C(=O)c2ccccc2)c1C. The van der Waals surface area contributed by atoms with Crippen molar-refractivity contribution < 1.29 is 23.6 Å². The number of ketones is 1. The Hall–Kier alpha value is -3.30. The van der Waals surface area contributed by atoms with Gasteiger partial charge in [0.2, 0.25) is 5.52 Å². The fourth-order valence-electron chi connectivity index (χ4n) is 3.40. The van der Waals surface area contributed by atoms with E-state index in [1.165, 1.54) is 14.2 Å². The summed E-state index contributed by atoms with van der Waals surface area (Å²) in [6, 6.07) is 17.2. The molecule has 1 atom stereocenters. The maximum Gasteiger partial charge on any atom is 0.247 e. The molecule has 0 heterocycles. The summed E-state index contributed by atoms with van der Waals surface area (Å²) >= 11 is 0. The molecule has 0 spiro atoms. The lowest BCUT2D eigenvalue weighted by Gasteiger charge is -2.15. The molecule has 0 aliphatic rings. The van der Waals surface area contributed by atoms with E-state index in [0.717, 1.165) is 0 Å². The summed E-state index contributed by atoms with van der Waals surface area (Å²) in [7, 11) is 0.357. The van der Waals surface area contributed by atoms with Gasteiger partial charge < -0.3 is 9.47 Å². The fraction of sp³-hybridized carbons (Fsp3) is 0.167. The average molecular weight is 421 g/mol. The Labute approximate surface area is 176 Å². The zero-order valence-electron chi connectivity index (χ0n) is 17.3. The van der Waals surface area contributed by atoms with Gasteiger partial charge in [-0.25, -0.2) is 0 Å². The molecule has 0 saturated carbocycles. The maximum absolute atomic E-state index is 13.3. The van der Waals surface area contributed by atoms with Gasteiger partial charge in [-0.1, -0.05) is 48.5 Å². The molecule has 0 aliphatic carbocycles. The first kappa shape index (κ1) is 21.4. The van der Waals surface area contributed by atoms with E-state index in [4.69, 9.17) is 9.47 Å². The Morgan fingerprint density at radius 1 is 0.800 bits per heavy atom. The summed E-state index contributed by atoms with van der Waals surface area (Å²) in [5, 5.41) is 0.209. The van der Waals surface area contributed by atoms with E-state index in [-0.39, 0.29) is 16.7 Å². The number of methoxy groups -OCH3 is 2. The number of benzene rings is 3. The molecule has 0 bridgehead atoms. The number of rotatable bonds is 7. The molecular weight excluding hydrogens is 399 g/mol. The summed E-state index contributed by atoms with van der Waals surface area (Å²) in [5.74, 6) is 0.443. The minimum atomic E-state index is -2.53. The predicted molar refractivity (Wildman–Crippen MR) is 117 cm³/mol. The Bertz CT molecular complexity index is 1110. The lowest BCUT2D eigenvalue weighted by Crippen LogP contribution is -2.14. The summed E-state index contributed by atoms with van der Waals surface area (Å²) in [4.78, 5) is 26.3. The lowest BCUT2D eigenvalue weighted by atomic mass is 9.93. The molecule has 0 aliphatic heterocycles. The smallest absolute Gasteiger partial charge is 0.247 e. The first-order valence-corrected chi connectivity index (χ1v) is 10.6. The molecule has 0 saturated heterocycles. The molecule has 0 aromatic heterocycles. The molecule has 153 valence electrons. The van der Waals surface area contributed by atoms with E-state index < -0.39 is 13.3 Å². The molecule has 3 aromatic carbocycles. The Kier molecular flexibility index (Phi) is 6.43. The van der Waals surface area contributed by atoms with Crippen molar-refractivity contribution in [2.75, 3.05) is 14.2 Å². The quantitative estimate of drug-likeness (QED) is 0.403. The highest BCUT2D eigenvalue weighted by atomic mass is 31.1. The normalized spacial score (nSPS) is 11.0. The molecule has 0 amide bonds. The average Bonchev–Trinajstić information content (AvgIpc) is 2.78. The predicted octanol–water partition coefficient (Wildman–Crippen LogP) is 4.84. The van der Waals surface area contributed by atoms with Crippen LogP contribution in [0.3, 0.4) is 0 Å². The van der Waals surface area contributed by atoms with Gasteiger partial charge in [0.15, 0.2) is 13.6 Å². The second-order valence-corrected chi connectivity index (χ2v) is 8.18. The van der Waals surface area contributed by atoms with Crippen LogP contribution in [-0.4, -0.2) is 25.5 Å². The van der Waals surface area contributed by atoms with Gasteiger partial charge in [0.25, 0.3) is 0 Å². The van der Waals surface area contributed by atoms with Crippen molar-refractivity contribution in [1.82, 2.24) is 0 Å². The summed E-state index contributed by atoms with van der Waals surface area (Å²) in [5.41, 5.74) is 1.81. The third kappa shape index (κ3) is 3.89. The largest absolute Gasteiger partial charge is 0.496 e. The number of ether oxygens (including phenoxy) is 2. The third-order valence-electron chi connectivity index (χ3n) is 4.96. The van der Waals surface area contributed by atoms with Crippen LogP contribution in [0.4, 0.5) is 0 Å². The van der Waals surface area contributed by atoms with Gasteiger partial charge in [-0.3, -0.25) is 14.2 Å². The molecule has 5 nitrogen and oxygen atoms in total. The van der Waals surface area contributed by atoms with Crippen molar-refractivity contribution in [1.29, 1.82) is 0 Å². The second-order valence-electron chi connectivity index (χ2n) is 6.74. The zero-order chi connectivity index (χ0) is 21.8. The van der Waals surface area contributed by atoms with E-state index in [1.54, 1.807) is 68.4 Å². The molecule has 30 heavy (non-hydrogen) atoms. The highest BCUT2D eigenvalue weighted by Crippen LogP contribution is 2.37. The fourth-order valence-corrected chi connectivity index (χ4v) is 4.88. The minimum Gasteiger partial charge on any atom is -0.496 e. The van der Waals surface area contributed by atoms with Crippen LogP contribution in [0.25, 0.3) is 0 Å². The van der Waals surface area contributed by atoms with E-state index in [1.807, 2.05) is 6.07 Å². The molecule has 3 rings (SSSR count). The Morgan fingerprint density at radius 2 is 1.40 bits per heavy atom. The lowest BCUT2D eigenvalue weighted by molar-refractivity contribution is 0.103. The van der Waals surface area contributed by atoms with E-state index in [0.29, 0.717) is 33.8 Å². The van der Waals surface area contributed by atoms with Crippen molar-refractivity contribution in [3.63, 3.8) is 0 Å². The van der Waals surface area contributed by atoms with Crippen molar-refractivity contribution in [3.05, 3.63) is 88.5 Å². The van der Waals surface area contributed by atoms with E-state index in [2.05, 4.69) is 0 Å². The van der Waals surface area contributed by atoms with Gasteiger partial charge in [-0.05, 0) is 37.1 Å². The van der Waals surface area contributed by atoms with Crippen LogP contribution in [-0.2, 0) is 4.57 Å². The number of hydrogen-bond donors (Lipinski definition) is 0. The monoisotopic (exact) mass is 421 g/mol. The van der Waals surface area contributed by atoms with Crippen LogP contribution in [0.5, 0.6) is 11.5 Å². The zero-order valence-corrected chi connectivity index (χ0v) is 18.2. The van der Waals surface area contributed by atoms with Crippen LogP contribution in [0.1, 0.15) is 37.4 Å². The summed E-state index contributed by atoms with van der Waals surface area (Å²) in [6.07, 6.45) is 0. The van der Waals surface area contributed by atoms with Crippen molar-refractivity contribution in [2.45, 2.75) is 13.8 Å². The summed E-state index contributed by atoms with van der Waals surface area (Å²) in [6.45, 7) is 3.47. The van der Waals surface area contributed by atoms with E-state index in [9.17, 15) is 14.2 Å². The molecule has 0 N–H and O–H groups in total. The highest BCUT2D eigenvalue weighted by molar-refractivity contribution is 7.72. The standard InChI is InChI=1S/C24H22O5P/c1-15-13-14-18(22(25)17-9-6-5-7-10-17)16(2)21(15)24(26)30(27)23-19(28-3)11-8-12-20(23)29-4/h5-14H,1-4H3. The van der Waals surface area contributed by atoms with Crippen LogP contribution in [0.15, 0.2) is 60.7 Å². The number of carbonyl (C=O) groups is 2. The van der Waals surface area contributed by atoms with E-state index >= 15 is 0 Å². The summed E-state index contributed by atoms with van der Waals surface area (Å²) < 4.78 is 23.9. The Morgan fingerprint density at radius 3 is 1.97 bits per heavy atom. The number of carbonyl (C=O) groups excluding carboxylic acids is 2. The van der Waals surface area contributed by atoms with Gasteiger partial charge in [0.1, 0.15) is 16.8 Å². The van der Waals surface area contributed by atoms with Crippen LogP contribution < -0.4 is 14.8 Å². The van der Waals surface area contributed by atoms with Crippen molar-refractivity contribution >= 4 is 24.4 Å². The van der Waals surface area contributed by atoms with Crippen LogP contribution in [0, 0.1) is 13.8 Å². The molecule has 1 unspecified atom stereocenters. The van der Waals surface area contributed by atoms with Gasteiger partial charge >= 0.3 is 0 Å². The minimum absolute atomic E-state index is 0.188. The maximum atomic E-state index is 13.3.